The van der Waals surface area contributed by atoms with Gasteiger partial charge in [-0.2, -0.15) is 0 Å². The number of amides is 2. The molecular formula is C47H40N14O2. The van der Waals surface area contributed by atoms with E-state index in [1.807, 2.05) is 83.2 Å². The SMILES string of the molecule is Cc1cc(-c2ccnc3c2ccn3CC(=O)Nc2ccc(-c3cnc(C4CCN(c5ccnc6c5ccn6CC(=O)Nc5ccc(-c6cnccn6)cn5)CC4)cn3)cn2)ccn1. The van der Waals surface area contributed by atoms with Gasteiger partial charge in [-0.1, -0.05) is 0 Å². The summed E-state index contributed by atoms with van der Waals surface area (Å²) in [5, 5.41) is 7.75. The zero-order valence-corrected chi connectivity index (χ0v) is 34.2. The Bertz CT molecular complexity index is 3070. The van der Waals surface area contributed by atoms with E-state index in [2.05, 4.69) is 50.4 Å². The third-order valence-corrected chi connectivity index (χ3v) is 11.3. The quantitative estimate of drug-likeness (QED) is 0.135. The van der Waals surface area contributed by atoms with Gasteiger partial charge in [-0.05, 0) is 91.6 Å². The fraction of sp³-hybridized carbons (Fsp3) is 0.170. The number of fused-ring (bicyclic) bond motifs is 2. The van der Waals surface area contributed by atoms with Crippen LogP contribution < -0.4 is 15.5 Å². The molecule has 0 spiro atoms. The van der Waals surface area contributed by atoms with E-state index < -0.39 is 0 Å². The second-order valence-corrected chi connectivity index (χ2v) is 15.4. The first-order valence-corrected chi connectivity index (χ1v) is 20.6. The van der Waals surface area contributed by atoms with Crippen molar-refractivity contribution in [3.05, 3.63) is 146 Å². The number of nitrogens with zero attached hydrogens (tertiary/aromatic N) is 12. The molecule has 10 rings (SSSR count). The lowest BCUT2D eigenvalue weighted by atomic mass is 9.93. The van der Waals surface area contributed by atoms with Crippen LogP contribution in [0.15, 0.2) is 135 Å². The minimum absolute atomic E-state index is 0.0909. The zero-order chi connectivity index (χ0) is 42.7. The molecule has 0 atom stereocenters. The van der Waals surface area contributed by atoms with Gasteiger partial charge in [0.2, 0.25) is 11.8 Å². The molecular weight excluding hydrogens is 793 g/mol. The summed E-state index contributed by atoms with van der Waals surface area (Å²) >= 11 is 0. The van der Waals surface area contributed by atoms with Crippen molar-refractivity contribution in [2.45, 2.75) is 38.8 Å². The van der Waals surface area contributed by atoms with E-state index in [1.165, 1.54) is 0 Å². The summed E-state index contributed by atoms with van der Waals surface area (Å²) in [4.78, 5) is 68.9. The molecule has 9 aromatic rings. The van der Waals surface area contributed by atoms with Gasteiger partial charge >= 0.3 is 0 Å². The molecule has 2 N–H and O–H groups in total. The zero-order valence-electron chi connectivity index (χ0n) is 34.2. The second-order valence-electron chi connectivity index (χ2n) is 15.4. The van der Waals surface area contributed by atoms with Crippen LogP contribution in [0.2, 0.25) is 0 Å². The van der Waals surface area contributed by atoms with Gasteiger partial charge in [0.15, 0.2) is 0 Å². The maximum absolute atomic E-state index is 13.1. The number of hydrogen-bond acceptors (Lipinski definition) is 12. The number of carbonyl (C=O) groups excluding carboxylic acids is 2. The predicted molar refractivity (Wildman–Crippen MR) is 239 cm³/mol. The van der Waals surface area contributed by atoms with Crippen LogP contribution in [0.25, 0.3) is 55.7 Å². The van der Waals surface area contributed by atoms with Crippen LogP contribution in [0, 0.1) is 6.92 Å². The van der Waals surface area contributed by atoms with Gasteiger partial charge in [0.1, 0.15) is 36.0 Å². The lowest BCUT2D eigenvalue weighted by Gasteiger charge is -2.33. The molecule has 1 fully saturated rings. The molecule has 2 amide bonds. The second kappa shape index (κ2) is 17.0. The molecule has 10 heterocycles. The number of pyridine rings is 5. The Kier molecular flexibility index (Phi) is 10.5. The molecule has 0 aromatic carbocycles. The molecule has 0 aliphatic carbocycles. The topological polar surface area (TPSA) is 187 Å². The fourth-order valence-corrected chi connectivity index (χ4v) is 8.14. The molecule has 0 radical (unpaired) electrons. The van der Waals surface area contributed by atoms with Gasteiger partial charge in [0.25, 0.3) is 0 Å². The van der Waals surface area contributed by atoms with Gasteiger partial charge in [-0.25, -0.2) is 19.9 Å². The van der Waals surface area contributed by atoms with Crippen molar-refractivity contribution in [2.75, 3.05) is 28.6 Å². The van der Waals surface area contributed by atoms with Crippen LogP contribution in [0.4, 0.5) is 17.3 Å². The molecule has 1 aliphatic rings. The maximum atomic E-state index is 13.1. The molecule has 16 heteroatoms. The van der Waals surface area contributed by atoms with Crippen molar-refractivity contribution in [2.24, 2.45) is 0 Å². The van der Waals surface area contributed by atoms with E-state index in [0.717, 1.165) is 87.3 Å². The minimum atomic E-state index is -0.210. The first kappa shape index (κ1) is 38.9. The van der Waals surface area contributed by atoms with E-state index in [1.54, 1.807) is 67.9 Å². The molecule has 63 heavy (non-hydrogen) atoms. The smallest absolute Gasteiger partial charge is 0.245 e. The summed E-state index contributed by atoms with van der Waals surface area (Å²) in [7, 11) is 0. The molecule has 1 aliphatic heterocycles. The summed E-state index contributed by atoms with van der Waals surface area (Å²) in [6.07, 6.45) is 22.9. The van der Waals surface area contributed by atoms with Crippen molar-refractivity contribution in [1.29, 1.82) is 0 Å². The predicted octanol–water partition coefficient (Wildman–Crippen LogP) is 7.12. The van der Waals surface area contributed by atoms with Gasteiger partial charge in [0.05, 0.1) is 29.5 Å². The summed E-state index contributed by atoms with van der Waals surface area (Å²) in [6, 6.07) is 19.3. The maximum Gasteiger partial charge on any atom is 0.245 e. The fourth-order valence-electron chi connectivity index (χ4n) is 8.14. The number of aryl methyl sites for hydroxylation is 1. The van der Waals surface area contributed by atoms with Gasteiger partial charge in [-0.3, -0.25) is 34.5 Å². The summed E-state index contributed by atoms with van der Waals surface area (Å²) in [5.41, 5.74) is 9.58. The van der Waals surface area contributed by atoms with E-state index in [0.29, 0.717) is 23.0 Å². The van der Waals surface area contributed by atoms with E-state index in [-0.39, 0.29) is 30.8 Å². The number of piperidine rings is 1. The largest absolute Gasteiger partial charge is 0.371 e. The molecule has 310 valence electrons. The van der Waals surface area contributed by atoms with Crippen molar-refractivity contribution in [1.82, 2.24) is 54.0 Å². The Morgan fingerprint density at radius 3 is 1.86 bits per heavy atom. The average Bonchev–Trinajstić information content (AvgIpc) is 3.93. The first-order chi connectivity index (χ1) is 30.9. The Balaban J connectivity index is 0.725. The standard InChI is InChI=1S/C47H40N14O2/c1-30-22-32(6-13-49-30)35-7-14-51-46-36(35)11-20-60(46)28-44(62)57-43-5-3-34(24-56-43)40-27-53-39(26-54-40)31-9-18-59(19-10-31)41-8-15-52-47-37(41)12-21-61(47)29-45(63)58-42-4-2-33(23-55-42)38-25-48-16-17-50-38/h2-8,11-17,20-27,31H,9-10,18-19,28-29H2,1H3,(H,55,58,63)(H,56,57,62). The van der Waals surface area contributed by atoms with Gasteiger partial charge < -0.3 is 24.7 Å². The monoisotopic (exact) mass is 832 g/mol. The highest BCUT2D eigenvalue weighted by molar-refractivity contribution is 5.96. The van der Waals surface area contributed by atoms with Crippen molar-refractivity contribution in [3.63, 3.8) is 0 Å². The van der Waals surface area contributed by atoms with Crippen molar-refractivity contribution >= 4 is 51.2 Å². The van der Waals surface area contributed by atoms with E-state index >= 15 is 0 Å². The van der Waals surface area contributed by atoms with Crippen LogP contribution in [-0.2, 0) is 22.7 Å². The van der Waals surface area contributed by atoms with Crippen molar-refractivity contribution in [3.8, 4) is 33.6 Å². The van der Waals surface area contributed by atoms with Crippen molar-refractivity contribution < 1.29 is 9.59 Å². The minimum Gasteiger partial charge on any atom is -0.371 e. The van der Waals surface area contributed by atoms with Gasteiger partial charge in [-0.15, -0.1) is 0 Å². The summed E-state index contributed by atoms with van der Waals surface area (Å²) in [5.74, 6) is 0.760. The first-order valence-electron chi connectivity index (χ1n) is 20.6. The molecule has 9 aromatic heterocycles. The Morgan fingerprint density at radius 2 is 1.24 bits per heavy atom. The third kappa shape index (κ3) is 8.29. The Hall–Kier alpha value is -8.27. The number of carbonyl (C=O) groups is 2. The van der Waals surface area contributed by atoms with Crippen LogP contribution >= 0.6 is 0 Å². The van der Waals surface area contributed by atoms with Crippen LogP contribution in [0.3, 0.4) is 0 Å². The molecule has 0 bridgehead atoms. The third-order valence-electron chi connectivity index (χ3n) is 11.3. The molecule has 0 saturated carbocycles. The Morgan fingerprint density at radius 1 is 0.587 bits per heavy atom. The number of aromatic nitrogens is 11. The van der Waals surface area contributed by atoms with Crippen LogP contribution in [0.1, 0.15) is 30.1 Å². The highest BCUT2D eigenvalue weighted by atomic mass is 16.2. The lowest BCUT2D eigenvalue weighted by molar-refractivity contribution is -0.117. The lowest BCUT2D eigenvalue weighted by Crippen LogP contribution is -2.33. The van der Waals surface area contributed by atoms with E-state index in [4.69, 9.17) is 9.97 Å². The number of hydrogen-bond donors (Lipinski definition) is 2. The normalized spacial score (nSPS) is 13.1. The highest BCUT2D eigenvalue weighted by Crippen LogP contribution is 2.34. The van der Waals surface area contributed by atoms with Crippen LogP contribution in [0.5, 0.6) is 0 Å². The van der Waals surface area contributed by atoms with E-state index in [9.17, 15) is 9.59 Å². The number of anilines is 3. The number of rotatable bonds is 11. The number of nitrogens with one attached hydrogen (secondary N) is 2. The highest BCUT2D eigenvalue weighted by Gasteiger charge is 2.24. The summed E-state index contributed by atoms with van der Waals surface area (Å²) in [6.45, 7) is 3.84. The molecule has 1 saturated heterocycles. The molecule has 16 nitrogen and oxygen atoms in total. The van der Waals surface area contributed by atoms with Crippen LogP contribution in [-0.4, -0.2) is 78.9 Å². The average molecular weight is 833 g/mol. The van der Waals surface area contributed by atoms with Gasteiger partial charge in [0, 0.05) is 114 Å². The molecule has 0 unspecified atom stereocenters. The summed E-state index contributed by atoms with van der Waals surface area (Å²) < 4.78 is 3.69. The Labute approximate surface area is 361 Å².